The van der Waals surface area contributed by atoms with Gasteiger partial charge < -0.3 is 14.8 Å². The third kappa shape index (κ3) is 3.44. The van der Waals surface area contributed by atoms with Crippen LogP contribution >= 0.6 is 0 Å². The van der Waals surface area contributed by atoms with Crippen LogP contribution in [0.15, 0.2) is 18.3 Å². The number of fused-ring (bicyclic) bond motifs is 1. The summed E-state index contributed by atoms with van der Waals surface area (Å²) in [7, 11) is 1.92. The van der Waals surface area contributed by atoms with Gasteiger partial charge in [-0.1, -0.05) is 0 Å². The minimum atomic E-state index is -0.471. The summed E-state index contributed by atoms with van der Waals surface area (Å²) in [6, 6.07) is 6.75. The zero-order valence-corrected chi connectivity index (χ0v) is 19.1. The SMILES string of the molecule is CC1NCCOC1c1cc(C2(C#N)CC2)c2c(n1)c(-c1ccn(C3CCCCO3)n1)nn2C. The quantitative estimate of drug-likeness (QED) is 0.655. The van der Waals surface area contributed by atoms with E-state index in [-0.39, 0.29) is 18.4 Å². The Kier molecular flexibility index (Phi) is 4.98. The van der Waals surface area contributed by atoms with E-state index in [4.69, 9.17) is 24.7 Å². The van der Waals surface area contributed by atoms with E-state index in [9.17, 15) is 5.26 Å². The van der Waals surface area contributed by atoms with Gasteiger partial charge in [0.2, 0.25) is 0 Å². The lowest BCUT2D eigenvalue weighted by molar-refractivity contribution is -0.0393. The molecule has 3 aromatic heterocycles. The first kappa shape index (κ1) is 20.8. The smallest absolute Gasteiger partial charge is 0.150 e. The molecule has 0 aromatic carbocycles. The second kappa shape index (κ2) is 7.90. The number of ether oxygens (including phenoxy) is 2. The molecule has 0 bridgehead atoms. The average molecular weight is 448 g/mol. The maximum absolute atomic E-state index is 10.0. The van der Waals surface area contributed by atoms with Gasteiger partial charge in [-0.3, -0.25) is 4.68 Å². The van der Waals surface area contributed by atoms with Gasteiger partial charge in [-0.25, -0.2) is 9.67 Å². The van der Waals surface area contributed by atoms with Crippen molar-refractivity contribution in [1.82, 2.24) is 29.9 Å². The molecule has 2 saturated heterocycles. The molecule has 33 heavy (non-hydrogen) atoms. The molecule has 3 fully saturated rings. The molecule has 0 spiro atoms. The van der Waals surface area contributed by atoms with Crippen LogP contribution < -0.4 is 5.32 Å². The summed E-state index contributed by atoms with van der Waals surface area (Å²) in [5.74, 6) is 0. The molecule has 3 aromatic rings. The Balaban J connectivity index is 1.49. The highest BCUT2D eigenvalue weighted by Gasteiger charge is 2.47. The lowest BCUT2D eigenvalue weighted by Crippen LogP contribution is -2.41. The first-order valence-corrected chi connectivity index (χ1v) is 11.9. The summed E-state index contributed by atoms with van der Waals surface area (Å²) in [6.45, 7) is 4.35. The van der Waals surface area contributed by atoms with Crippen LogP contribution in [-0.4, -0.2) is 50.3 Å². The third-order valence-corrected chi connectivity index (χ3v) is 7.20. The molecule has 9 heteroatoms. The second-order valence-corrected chi connectivity index (χ2v) is 9.49. The van der Waals surface area contributed by atoms with E-state index < -0.39 is 5.41 Å². The summed E-state index contributed by atoms with van der Waals surface area (Å²) < 4.78 is 15.8. The Morgan fingerprint density at radius 2 is 2.09 bits per heavy atom. The van der Waals surface area contributed by atoms with Crippen LogP contribution in [-0.2, 0) is 21.9 Å². The summed E-state index contributed by atoms with van der Waals surface area (Å²) in [6.07, 6.45) is 6.68. The summed E-state index contributed by atoms with van der Waals surface area (Å²) >= 11 is 0. The number of aryl methyl sites for hydroxylation is 1. The molecule has 0 radical (unpaired) electrons. The molecule has 172 valence electrons. The van der Waals surface area contributed by atoms with Crippen molar-refractivity contribution in [3.8, 4) is 17.5 Å². The average Bonchev–Trinajstić information content (AvgIpc) is 3.37. The minimum absolute atomic E-state index is 0.0301. The van der Waals surface area contributed by atoms with Gasteiger partial charge in [0.25, 0.3) is 0 Å². The van der Waals surface area contributed by atoms with Crippen LogP contribution in [0.5, 0.6) is 0 Å². The number of pyridine rings is 1. The lowest BCUT2D eigenvalue weighted by Gasteiger charge is -2.30. The topological polar surface area (TPSA) is 103 Å². The molecule has 3 unspecified atom stereocenters. The maximum atomic E-state index is 10.0. The summed E-state index contributed by atoms with van der Waals surface area (Å²) in [5.41, 5.74) is 4.57. The van der Waals surface area contributed by atoms with Crippen LogP contribution in [0.2, 0.25) is 0 Å². The molecule has 1 aliphatic carbocycles. The maximum Gasteiger partial charge on any atom is 0.150 e. The van der Waals surface area contributed by atoms with Gasteiger partial charge in [0.05, 0.1) is 29.3 Å². The zero-order valence-electron chi connectivity index (χ0n) is 19.1. The Labute approximate surface area is 192 Å². The Morgan fingerprint density at radius 1 is 1.21 bits per heavy atom. The number of rotatable bonds is 4. The summed E-state index contributed by atoms with van der Waals surface area (Å²) in [5, 5.41) is 23.1. The Hall–Kier alpha value is -2.80. The predicted molar refractivity (Wildman–Crippen MR) is 121 cm³/mol. The highest BCUT2D eigenvalue weighted by molar-refractivity contribution is 5.92. The molecule has 9 nitrogen and oxygen atoms in total. The van der Waals surface area contributed by atoms with E-state index >= 15 is 0 Å². The van der Waals surface area contributed by atoms with Gasteiger partial charge in [0, 0.05) is 38.0 Å². The van der Waals surface area contributed by atoms with Gasteiger partial charge in [-0.15, -0.1) is 0 Å². The van der Waals surface area contributed by atoms with Crippen molar-refractivity contribution in [1.29, 1.82) is 5.26 Å². The fourth-order valence-corrected chi connectivity index (χ4v) is 5.17. The van der Waals surface area contributed by atoms with Crippen molar-refractivity contribution in [2.24, 2.45) is 7.05 Å². The minimum Gasteiger partial charge on any atom is -0.369 e. The van der Waals surface area contributed by atoms with Gasteiger partial charge in [0.1, 0.15) is 29.2 Å². The molecule has 2 aliphatic heterocycles. The lowest BCUT2D eigenvalue weighted by atomic mass is 9.93. The second-order valence-electron chi connectivity index (χ2n) is 9.49. The van der Waals surface area contributed by atoms with Gasteiger partial charge >= 0.3 is 0 Å². The van der Waals surface area contributed by atoms with Crippen molar-refractivity contribution in [3.63, 3.8) is 0 Å². The van der Waals surface area contributed by atoms with Crippen LogP contribution in [0.3, 0.4) is 0 Å². The monoisotopic (exact) mass is 447 g/mol. The molecule has 3 atom stereocenters. The summed E-state index contributed by atoms with van der Waals surface area (Å²) in [4.78, 5) is 5.07. The van der Waals surface area contributed by atoms with Gasteiger partial charge in [0.15, 0.2) is 0 Å². The molecule has 5 heterocycles. The highest BCUT2D eigenvalue weighted by atomic mass is 16.5. The van der Waals surface area contributed by atoms with Crippen LogP contribution in [0.1, 0.15) is 62.6 Å². The van der Waals surface area contributed by atoms with E-state index in [1.807, 2.05) is 28.7 Å². The highest BCUT2D eigenvalue weighted by Crippen LogP contribution is 2.50. The normalized spacial score (nSPS) is 26.9. The fourth-order valence-electron chi connectivity index (χ4n) is 5.17. The number of hydrogen-bond acceptors (Lipinski definition) is 7. The van der Waals surface area contributed by atoms with Gasteiger partial charge in [-0.05, 0) is 51.2 Å². The van der Waals surface area contributed by atoms with E-state index in [2.05, 4.69) is 24.4 Å². The van der Waals surface area contributed by atoms with E-state index in [1.165, 1.54) is 0 Å². The first-order valence-electron chi connectivity index (χ1n) is 11.9. The molecule has 0 amide bonds. The third-order valence-electron chi connectivity index (χ3n) is 7.20. The van der Waals surface area contributed by atoms with Crippen molar-refractivity contribution < 1.29 is 9.47 Å². The van der Waals surface area contributed by atoms with Crippen molar-refractivity contribution in [2.45, 2.75) is 62.8 Å². The fraction of sp³-hybridized carbons (Fsp3) is 0.583. The van der Waals surface area contributed by atoms with Crippen LogP contribution in [0, 0.1) is 11.3 Å². The largest absolute Gasteiger partial charge is 0.369 e. The standard InChI is InChI=1S/C24H29N7O2/c1-15-23(33-12-9-26-15)18-13-16(24(14-25)7-8-24)22-21(27-18)20(29-30(22)2)17-6-10-31(28-17)19-5-3-4-11-32-19/h6,10,13,15,19,23,26H,3-5,7-9,11-12H2,1-2H3. The predicted octanol–water partition coefficient (Wildman–Crippen LogP) is 3.14. The van der Waals surface area contributed by atoms with E-state index in [1.54, 1.807) is 0 Å². The number of aromatic nitrogens is 5. The first-order chi connectivity index (χ1) is 16.1. The van der Waals surface area contributed by atoms with Gasteiger partial charge in [-0.2, -0.15) is 15.5 Å². The van der Waals surface area contributed by atoms with E-state index in [0.717, 1.165) is 78.9 Å². The van der Waals surface area contributed by atoms with Crippen LogP contribution in [0.25, 0.3) is 22.4 Å². The molecular weight excluding hydrogens is 418 g/mol. The number of nitriles is 1. The van der Waals surface area contributed by atoms with Crippen LogP contribution in [0.4, 0.5) is 0 Å². The zero-order chi connectivity index (χ0) is 22.6. The Bertz CT molecular complexity index is 1230. The molecule has 1 N–H and O–H groups in total. The number of morpholine rings is 1. The Morgan fingerprint density at radius 3 is 2.82 bits per heavy atom. The molecule has 1 saturated carbocycles. The molecule has 3 aliphatic rings. The number of nitrogens with zero attached hydrogens (tertiary/aromatic N) is 6. The number of hydrogen-bond donors (Lipinski definition) is 1. The molecule has 6 rings (SSSR count). The molecular formula is C24H29N7O2. The number of nitrogens with one attached hydrogen (secondary N) is 1. The van der Waals surface area contributed by atoms with Crippen molar-refractivity contribution in [2.75, 3.05) is 19.8 Å². The van der Waals surface area contributed by atoms with Crippen molar-refractivity contribution >= 4 is 11.0 Å². The van der Waals surface area contributed by atoms with Crippen molar-refractivity contribution in [3.05, 3.63) is 29.6 Å². The van der Waals surface area contributed by atoms with E-state index in [0.29, 0.717) is 6.61 Å².